The number of ether oxygens (including phenoxy) is 2. The molecule has 2 heterocycles. The quantitative estimate of drug-likeness (QED) is 0.922. The van der Waals surface area contributed by atoms with Gasteiger partial charge in [0, 0.05) is 5.56 Å². The van der Waals surface area contributed by atoms with Crippen molar-refractivity contribution >= 4 is 5.97 Å². The third-order valence-corrected chi connectivity index (χ3v) is 3.38. The van der Waals surface area contributed by atoms with E-state index in [-0.39, 0.29) is 0 Å². The molecule has 1 aromatic carbocycles. The van der Waals surface area contributed by atoms with Crippen LogP contribution < -0.4 is 9.47 Å². The predicted molar refractivity (Wildman–Crippen MR) is 73.4 cm³/mol. The molecule has 1 unspecified atom stereocenters. The van der Waals surface area contributed by atoms with Crippen LogP contribution in [0.25, 0.3) is 11.3 Å². The van der Waals surface area contributed by atoms with Crippen molar-refractivity contribution in [3.63, 3.8) is 0 Å². The highest BCUT2D eigenvalue weighted by Gasteiger charge is 2.23. The number of aliphatic carboxylic acids is 1. The molecule has 7 nitrogen and oxygen atoms in total. The van der Waals surface area contributed by atoms with Gasteiger partial charge in [0.25, 0.3) is 0 Å². The number of hydrogen-bond acceptors (Lipinski definition) is 5. The Kier molecular flexibility index (Phi) is 3.47. The molecule has 1 aromatic heterocycles. The van der Waals surface area contributed by atoms with E-state index < -0.39 is 12.0 Å². The summed E-state index contributed by atoms with van der Waals surface area (Å²) in [5.41, 5.74) is 1.44. The summed E-state index contributed by atoms with van der Waals surface area (Å²) in [6.45, 7) is 2.83. The summed E-state index contributed by atoms with van der Waals surface area (Å²) in [5, 5.41) is 17.0. The third kappa shape index (κ3) is 2.42. The van der Waals surface area contributed by atoms with Gasteiger partial charge in [-0.05, 0) is 24.6 Å². The van der Waals surface area contributed by atoms with Crippen LogP contribution in [-0.4, -0.2) is 39.3 Å². The molecule has 0 aliphatic carbocycles. The van der Waals surface area contributed by atoms with E-state index in [9.17, 15) is 9.90 Å². The van der Waals surface area contributed by atoms with Crippen molar-refractivity contribution < 1.29 is 19.4 Å². The van der Waals surface area contributed by atoms with Crippen LogP contribution in [0.4, 0.5) is 0 Å². The minimum absolute atomic E-state index is 0.427. The smallest absolute Gasteiger partial charge is 0.328 e. The lowest BCUT2D eigenvalue weighted by atomic mass is 10.1. The summed E-state index contributed by atoms with van der Waals surface area (Å²) < 4.78 is 12.4. The standard InChI is InChI=1S/C14H15N3O4/c1-2-10(14(18)19)17-11(8-15-16-17)9-3-4-12-13(7-9)21-6-5-20-12/h3-4,7-8,10H,2,5-6H2,1H3,(H,18,19). The molecule has 1 aliphatic rings. The van der Waals surface area contributed by atoms with E-state index in [0.29, 0.717) is 36.8 Å². The molecule has 0 bridgehead atoms. The van der Waals surface area contributed by atoms with Crippen molar-refractivity contribution in [2.24, 2.45) is 0 Å². The highest BCUT2D eigenvalue weighted by atomic mass is 16.6. The van der Waals surface area contributed by atoms with Gasteiger partial charge in [0.15, 0.2) is 17.5 Å². The Bertz CT molecular complexity index is 668. The number of fused-ring (bicyclic) bond motifs is 1. The van der Waals surface area contributed by atoms with E-state index in [1.54, 1.807) is 13.1 Å². The van der Waals surface area contributed by atoms with Gasteiger partial charge in [-0.2, -0.15) is 0 Å². The Hall–Kier alpha value is -2.57. The number of carboxylic acids is 1. The average Bonchev–Trinajstić information content (AvgIpc) is 2.96. The zero-order valence-electron chi connectivity index (χ0n) is 11.5. The van der Waals surface area contributed by atoms with E-state index in [0.717, 1.165) is 5.56 Å². The molecule has 1 aliphatic heterocycles. The molecule has 110 valence electrons. The van der Waals surface area contributed by atoms with Crippen LogP contribution in [0, 0.1) is 0 Å². The molecule has 2 aromatic rings. The van der Waals surface area contributed by atoms with Crippen LogP contribution >= 0.6 is 0 Å². The van der Waals surface area contributed by atoms with E-state index in [1.807, 2.05) is 18.2 Å². The van der Waals surface area contributed by atoms with Crippen molar-refractivity contribution in [2.45, 2.75) is 19.4 Å². The summed E-state index contributed by atoms with van der Waals surface area (Å²) in [4.78, 5) is 11.3. The van der Waals surface area contributed by atoms with E-state index in [2.05, 4.69) is 10.3 Å². The van der Waals surface area contributed by atoms with Crippen LogP contribution in [-0.2, 0) is 4.79 Å². The topological polar surface area (TPSA) is 86.5 Å². The van der Waals surface area contributed by atoms with Gasteiger partial charge in [-0.1, -0.05) is 12.1 Å². The summed E-state index contributed by atoms with van der Waals surface area (Å²) in [6, 6.07) is 4.73. The third-order valence-electron chi connectivity index (χ3n) is 3.38. The Balaban J connectivity index is 2.01. The van der Waals surface area contributed by atoms with E-state index >= 15 is 0 Å². The van der Waals surface area contributed by atoms with Crippen molar-refractivity contribution in [1.29, 1.82) is 0 Å². The lowest BCUT2D eigenvalue weighted by molar-refractivity contribution is -0.141. The van der Waals surface area contributed by atoms with Gasteiger partial charge in [0.2, 0.25) is 0 Å². The molecule has 1 N–H and O–H groups in total. The molecule has 0 amide bonds. The number of aromatic nitrogens is 3. The summed E-state index contributed by atoms with van der Waals surface area (Å²) in [6.07, 6.45) is 1.98. The first-order chi connectivity index (χ1) is 10.2. The van der Waals surface area contributed by atoms with Crippen molar-refractivity contribution in [3.8, 4) is 22.8 Å². The largest absolute Gasteiger partial charge is 0.486 e. The van der Waals surface area contributed by atoms with Gasteiger partial charge in [0.05, 0.1) is 11.9 Å². The van der Waals surface area contributed by atoms with Gasteiger partial charge in [-0.15, -0.1) is 5.10 Å². The molecule has 0 spiro atoms. The highest BCUT2D eigenvalue weighted by Crippen LogP contribution is 2.34. The molecule has 21 heavy (non-hydrogen) atoms. The van der Waals surface area contributed by atoms with Crippen LogP contribution in [0.5, 0.6) is 11.5 Å². The number of carboxylic acid groups (broad SMARTS) is 1. The zero-order valence-corrected chi connectivity index (χ0v) is 11.5. The van der Waals surface area contributed by atoms with Crippen molar-refractivity contribution in [3.05, 3.63) is 24.4 Å². The minimum atomic E-state index is -0.929. The van der Waals surface area contributed by atoms with Gasteiger partial charge in [0.1, 0.15) is 13.2 Å². The van der Waals surface area contributed by atoms with Crippen molar-refractivity contribution in [1.82, 2.24) is 15.0 Å². The maximum atomic E-state index is 11.3. The number of carbonyl (C=O) groups is 1. The summed E-state index contributed by atoms with van der Waals surface area (Å²) >= 11 is 0. The van der Waals surface area contributed by atoms with Gasteiger partial charge in [-0.25, -0.2) is 9.48 Å². The maximum absolute atomic E-state index is 11.3. The molecule has 1 atom stereocenters. The summed E-state index contributed by atoms with van der Waals surface area (Å²) in [7, 11) is 0. The van der Waals surface area contributed by atoms with E-state index in [1.165, 1.54) is 4.68 Å². The van der Waals surface area contributed by atoms with Gasteiger partial charge in [-0.3, -0.25) is 0 Å². The molecule has 0 saturated carbocycles. The first-order valence-electron chi connectivity index (χ1n) is 6.73. The first kappa shape index (κ1) is 13.4. The molecule has 0 radical (unpaired) electrons. The Morgan fingerprint density at radius 2 is 2.14 bits per heavy atom. The molecule has 0 fully saturated rings. The van der Waals surface area contributed by atoms with Crippen LogP contribution in [0.2, 0.25) is 0 Å². The SMILES string of the molecule is CCC(C(=O)O)n1nncc1-c1ccc2c(c1)OCCO2. The minimum Gasteiger partial charge on any atom is -0.486 e. The lowest BCUT2D eigenvalue weighted by Gasteiger charge is -2.19. The Labute approximate surface area is 121 Å². The number of benzene rings is 1. The second-order valence-electron chi connectivity index (χ2n) is 4.68. The number of hydrogen-bond donors (Lipinski definition) is 1. The fourth-order valence-electron chi connectivity index (χ4n) is 2.34. The normalized spacial score (nSPS) is 14.7. The van der Waals surface area contributed by atoms with Crippen LogP contribution in [0.3, 0.4) is 0 Å². The van der Waals surface area contributed by atoms with E-state index in [4.69, 9.17) is 9.47 Å². The second-order valence-corrected chi connectivity index (χ2v) is 4.68. The van der Waals surface area contributed by atoms with Crippen molar-refractivity contribution in [2.75, 3.05) is 13.2 Å². The van der Waals surface area contributed by atoms with Crippen LogP contribution in [0.1, 0.15) is 19.4 Å². The molecular formula is C14H15N3O4. The fourth-order valence-corrected chi connectivity index (χ4v) is 2.34. The first-order valence-corrected chi connectivity index (χ1v) is 6.73. The molecule has 7 heteroatoms. The predicted octanol–water partition coefficient (Wildman–Crippen LogP) is 1.75. The Morgan fingerprint density at radius 3 is 2.86 bits per heavy atom. The zero-order chi connectivity index (χ0) is 14.8. The molecule has 3 rings (SSSR count). The van der Waals surface area contributed by atoms with Gasteiger partial charge < -0.3 is 14.6 Å². The Morgan fingerprint density at radius 1 is 1.38 bits per heavy atom. The number of nitrogens with zero attached hydrogens (tertiary/aromatic N) is 3. The monoisotopic (exact) mass is 289 g/mol. The highest BCUT2D eigenvalue weighted by molar-refractivity contribution is 5.73. The van der Waals surface area contributed by atoms with Crippen LogP contribution in [0.15, 0.2) is 24.4 Å². The number of rotatable bonds is 4. The average molecular weight is 289 g/mol. The second kappa shape index (κ2) is 5.43. The fraction of sp³-hybridized carbons (Fsp3) is 0.357. The molecular weight excluding hydrogens is 274 g/mol. The maximum Gasteiger partial charge on any atom is 0.328 e. The summed E-state index contributed by atoms with van der Waals surface area (Å²) in [5.74, 6) is 0.408. The lowest BCUT2D eigenvalue weighted by Crippen LogP contribution is -2.20. The van der Waals surface area contributed by atoms with Gasteiger partial charge >= 0.3 is 5.97 Å². The molecule has 0 saturated heterocycles.